The maximum absolute atomic E-state index is 12.1. The van der Waals surface area contributed by atoms with Gasteiger partial charge in [-0.3, -0.25) is 4.79 Å². The molecule has 0 aliphatic carbocycles. The van der Waals surface area contributed by atoms with E-state index >= 15 is 0 Å². The maximum Gasteiger partial charge on any atom is 0.435 e. The summed E-state index contributed by atoms with van der Waals surface area (Å²) in [6.07, 6.45) is -4.52. The highest BCUT2D eigenvalue weighted by Crippen LogP contribution is 2.26. The number of carbonyl (C=O) groups is 1. The molecule has 5 nitrogen and oxygen atoms in total. The summed E-state index contributed by atoms with van der Waals surface area (Å²) in [5, 5.41) is 8.76. The molecule has 1 heterocycles. The van der Waals surface area contributed by atoms with Crippen molar-refractivity contribution in [1.82, 2.24) is 10.2 Å². The van der Waals surface area contributed by atoms with Crippen LogP contribution >= 0.6 is 0 Å². The highest BCUT2D eigenvalue weighted by atomic mass is 19.4. The van der Waals surface area contributed by atoms with Gasteiger partial charge in [0.2, 0.25) is 0 Å². The molecule has 1 N–H and O–H groups in total. The normalized spacial score (nSPS) is 11.1. The molecule has 0 amide bonds. The lowest BCUT2D eigenvalue weighted by molar-refractivity contribution is -0.142. The molecule has 0 atom stereocenters. The summed E-state index contributed by atoms with van der Waals surface area (Å²) in [6, 6.07) is 1.87. The second-order valence-electron chi connectivity index (χ2n) is 2.96. The van der Waals surface area contributed by atoms with Gasteiger partial charge in [-0.25, -0.2) is 0 Å². The minimum absolute atomic E-state index is 0.0750. The van der Waals surface area contributed by atoms with Crippen molar-refractivity contribution in [3.8, 4) is 0 Å². The van der Waals surface area contributed by atoms with E-state index in [0.717, 1.165) is 12.1 Å². The highest BCUT2D eigenvalue weighted by Gasteiger charge is 2.32. The molecule has 1 rings (SSSR count). The summed E-state index contributed by atoms with van der Waals surface area (Å²) in [7, 11) is 0. The number of esters is 1. The first kappa shape index (κ1) is 13.2. The second-order valence-corrected chi connectivity index (χ2v) is 2.96. The Kier molecular flexibility index (Phi) is 4.24. The fraction of sp³-hybridized carbons (Fsp3) is 0.444. The third-order valence-corrected chi connectivity index (χ3v) is 1.67. The van der Waals surface area contributed by atoms with Gasteiger partial charge in [0.25, 0.3) is 0 Å². The first-order valence-electron chi connectivity index (χ1n) is 4.74. The topological polar surface area (TPSA) is 64.1 Å². The summed E-state index contributed by atoms with van der Waals surface area (Å²) in [6.45, 7) is 1.71. The average Bonchev–Trinajstić information content (AvgIpc) is 2.26. The van der Waals surface area contributed by atoms with Crippen LogP contribution in [0.2, 0.25) is 0 Å². The molecular weight excluding hydrogens is 239 g/mol. The number of rotatable bonds is 4. The van der Waals surface area contributed by atoms with Crippen molar-refractivity contribution in [3.05, 3.63) is 17.8 Å². The van der Waals surface area contributed by atoms with Crippen LogP contribution in [0.3, 0.4) is 0 Å². The number of nitrogens with zero attached hydrogens (tertiary/aromatic N) is 2. The van der Waals surface area contributed by atoms with E-state index in [-0.39, 0.29) is 19.0 Å². The van der Waals surface area contributed by atoms with E-state index in [9.17, 15) is 18.0 Å². The van der Waals surface area contributed by atoms with E-state index in [0.29, 0.717) is 0 Å². The van der Waals surface area contributed by atoms with Crippen LogP contribution in [0.4, 0.5) is 19.0 Å². The Morgan fingerprint density at radius 3 is 2.59 bits per heavy atom. The number of hydrogen-bond acceptors (Lipinski definition) is 5. The standard InChI is InChI=1S/C9H10F3N3O2/c1-2-17-8(16)5-13-7-4-3-6(14-15-7)9(10,11)12/h3-4H,2,5H2,1H3,(H,13,15). The van der Waals surface area contributed by atoms with Gasteiger partial charge in [-0.15, -0.1) is 10.2 Å². The molecule has 0 aliphatic rings. The lowest BCUT2D eigenvalue weighted by Crippen LogP contribution is -2.18. The first-order valence-corrected chi connectivity index (χ1v) is 4.74. The summed E-state index contributed by atoms with van der Waals surface area (Å²) < 4.78 is 41.0. The van der Waals surface area contributed by atoms with E-state index < -0.39 is 17.8 Å². The van der Waals surface area contributed by atoms with Gasteiger partial charge in [-0.2, -0.15) is 13.2 Å². The molecule has 94 valence electrons. The van der Waals surface area contributed by atoms with Crippen LogP contribution in [0.15, 0.2) is 12.1 Å². The van der Waals surface area contributed by atoms with Gasteiger partial charge in [-0.1, -0.05) is 0 Å². The van der Waals surface area contributed by atoms with Crippen molar-refractivity contribution in [2.75, 3.05) is 18.5 Å². The van der Waals surface area contributed by atoms with E-state index in [1.165, 1.54) is 0 Å². The minimum atomic E-state index is -4.52. The van der Waals surface area contributed by atoms with Gasteiger partial charge >= 0.3 is 12.1 Å². The lowest BCUT2D eigenvalue weighted by atomic mass is 10.4. The van der Waals surface area contributed by atoms with Crippen LogP contribution in [0, 0.1) is 0 Å². The fourth-order valence-electron chi connectivity index (χ4n) is 0.952. The zero-order chi connectivity index (χ0) is 12.9. The van der Waals surface area contributed by atoms with Crippen LogP contribution in [0.5, 0.6) is 0 Å². The Hall–Kier alpha value is -1.86. The Bertz CT molecular complexity index is 378. The molecule has 0 fully saturated rings. The van der Waals surface area contributed by atoms with Gasteiger partial charge in [-0.05, 0) is 19.1 Å². The zero-order valence-electron chi connectivity index (χ0n) is 8.91. The molecule has 0 bridgehead atoms. The molecule has 1 aromatic heterocycles. The molecular formula is C9H10F3N3O2. The SMILES string of the molecule is CCOC(=O)CNc1ccc(C(F)(F)F)nn1. The molecule has 17 heavy (non-hydrogen) atoms. The second kappa shape index (κ2) is 5.46. The predicted octanol–water partition coefficient (Wildman–Crippen LogP) is 1.47. The minimum Gasteiger partial charge on any atom is -0.465 e. The zero-order valence-corrected chi connectivity index (χ0v) is 8.91. The number of anilines is 1. The van der Waals surface area contributed by atoms with Crippen molar-refractivity contribution >= 4 is 11.8 Å². The van der Waals surface area contributed by atoms with Crippen LogP contribution in [0.25, 0.3) is 0 Å². The Morgan fingerprint density at radius 2 is 2.12 bits per heavy atom. The molecule has 0 unspecified atom stereocenters. The van der Waals surface area contributed by atoms with E-state index in [4.69, 9.17) is 0 Å². The van der Waals surface area contributed by atoms with Gasteiger partial charge in [0.15, 0.2) is 5.69 Å². The molecule has 0 saturated heterocycles. The summed E-state index contributed by atoms with van der Waals surface area (Å²) in [5.41, 5.74) is -1.08. The van der Waals surface area contributed by atoms with Gasteiger partial charge in [0.1, 0.15) is 12.4 Å². The fourth-order valence-corrected chi connectivity index (χ4v) is 0.952. The number of nitrogens with one attached hydrogen (secondary N) is 1. The molecule has 1 aromatic rings. The van der Waals surface area contributed by atoms with Crippen molar-refractivity contribution in [2.24, 2.45) is 0 Å². The number of aromatic nitrogens is 2. The predicted molar refractivity (Wildman–Crippen MR) is 52.2 cm³/mol. The number of hydrogen-bond donors (Lipinski definition) is 1. The first-order chi connectivity index (χ1) is 7.93. The third-order valence-electron chi connectivity index (χ3n) is 1.67. The van der Waals surface area contributed by atoms with Gasteiger partial charge in [0.05, 0.1) is 6.61 Å². The summed E-state index contributed by atoms with van der Waals surface area (Å²) in [5.74, 6) is -0.444. The Labute approximate surface area is 95.0 Å². The van der Waals surface area contributed by atoms with Gasteiger partial charge < -0.3 is 10.1 Å². The van der Waals surface area contributed by atoms with Crippen LogP contribution < -0.4 is 5.32 Å². The van der Waals surface area contributed by atoms with Gasteiger partial charge in [0, 0.05) is 0 Å². The highest BCUT2D eigenvalue weighted by molar-refractivity contribution is 5.74. The summed E-state index contributed by atoms with van der Waals surface area (Å²) >= 11 is 0. The molecule has 0 aliphatic heterocycles. The number of ether oxygens (including phenoxy) is 1. The van der Waals surface area contributed by atoms with Crippen LogP contribution in [-0.4, -0.2) is 29.3 Å². The quantitative estimate of drug-likeness (QED) is 0.818. The number of alkyl halides is 3. The van der Waals surface area contributed by atoms with Crippen LogP contribution in [-0.2, 0) is 15.7 Å². The molecule has 0 radical (unpaired) electrons. The number of carbonyl (C=O) groups excluding carboxylic acids is 1. The maximum atomic E-state index is 12.1. The molecule has 0 spiro atoms. The van der Waals surface area contributed by atoms with E-state index in [1.54, 1.807) is 6.92 Å². The Morgan fingerprint density at radius 1 is 1.41 bits per heavy atom. The van der Waals surface area contributed by atoms with Crippen molar-refractivity contribution in [3.63, 3.8) is 0 Å². The van der Waals surface area contributed by atoms with E-state index in [1.807, 2.05) is 0 Å². The monoisotopic (exact) mass is 249 g/mol. The molecule has 0 aromatic carbocycles. The average molecular weight is 249 g/mol. The smallest absolute Gasteiger partial charge is 0.435 e. The van der Waals surface area contributed by atoms with E-state index in [2.05, 4.69) is 20.3 Å². The van der Waals surface area contributed by atoms with Crippen molar-refractivity contribution < 1.29 is 22.7 Å². The Balaban J connectivity index is 2.54. The number of halogens is 3. The van der Waals surface area contributed by atoms with Crippen molar-refractivity contribution in [1.29, 1.82) is 0 Å². The molecule has 0 saturated carbocycles. The molecule has 8 heteroatoms. The largest absolute Gasteiger partial charge is 0.465 e. The lowest BCUT2D eigenvalue weighted by Gasteiger charge is -2.06. The summed E-state index contributed by atoms with van der Waals surface area (Å²) in [4.78, 5) is 10.9. The van der Waals surface area contributed by atoms with Crippen molar-refractivity contribution in [2.45, 2.75) is 13.1 Å². The third kappa shape index (κ3) is 4.25. The van der Waals surface area contributed by atoms with Crippen LogP contribution in [0.1, 0.15) is 12.6 Å².